The van der Waals surface area contributed by atoms with Gasteiger partial charge in [-0.05, 0) is 31.5 Å². The van der Waals surface area contributed by atoms with Gasteiger partial charge in [0.15, 0.2) is 11.5 Å². The molecule has 0 aliphatic carbocycles. The van der Waals surface area contributed by atoms with E-state index in [0.717, 1.165) is 62.0 Å². The van der Waals surface area contributed by atoms with E-state index >= 15 is 0 Å². The second-order valence-electron chi connectivity index (χ2n) is 7.18. The number of aliphatic hydroxyl groups excluding tert-OH is 1. The van der Waals surface area contributed by atoms with Crippen LogP contribution >= 0.6 is 11.6 Å². The number of benzene rings is 1. The van der Waals surface area contributed by atoms with Gasteiger partial charge in [0.25, 0.3) is 0 Å². The lowest BCUT2D eigenvalue weighted by atomic mass is 10.1. The first kappa shape index (κ1) is 21.0. The second-order valence-corrected chi connectivity index (χ2v) is 7.62. The first-order valence-corrected chi connectivity index (χ1v) is 9.94. The number of rotatable bonds is 8. The van der Waals surface area contributed by atoms with Gasteiger partial charge in [-0.15, -0.1) is 0 Å². The van der Waals surface area contributed by atoms with Crippen molar-refractivity contribution in [1.29, 1.82) is 0 Å². The third-order valence-corrected chi connectivity index (χ3v) is 5.44. The van der Waals surface area contributed by atoms with Crippen molar-refractivity contribution < 1.29 is 19.0 Å². The minimum absolute atomic E-state index is 0.167. The van der Waals surface area contributed by atoms with Crippen LogP contribution in [-0.2, 0) is 13.1 Å². The van der Waals surface area contributed by atoms with E-state index in [2.05, 4.69) is 9.80 Å². The lowest BCUT2D eigenvalue weighted by molar-refractivity contribution is 0.0450. The molecule has 1 aromatic carbocycles. The van der Waals surface area contributed by atoms with Crippen LogP contribution in [0.5, 0.6) is 11.5 Å². The third-order valence-electron chi connectivity index (χ3n) is 5.22. The van der Waals surface area contributed by atoms with Crippen LogP contribution in [0.1, 0.15) is 23.5 Å². The van der Waals surface area contributed by atoms with E-state index in [1.807, 2.05) is 25.1 Å². The molecule has 2 heterocycles. The van der Waals surface area contributed by atoms with Gasteiger partial charge in [0.2, 0.25) is 0 Å². The number of halogens is 1. The molecule has 3 rings (SSSR count). The number of aliphatic hydroxyl groups is 1. The molecule has 1 fully saturated rings. The van der Waals surface area contributed by atoms with E-state index in [1.165, 1.54) is 0 Å². The number of hydrogen-bond donors (Lipinski definition) is 1. The summed E-state index contributed by atoms with van der Waals surface area (Å²) < 4.78 is 16.7. The Morgan fingerprint density at radius 3 is 2.64 bits per heavy atom. The van der Waals surface area contributed by atoms with Crippen molar-refractivity contribution in [2.45, 2.75) is 32.5 Å². The first-order valence-electron chi connectivity index (χ1n) is 9.57. The zero-order valence-corrected chi connectivity index (χ0v) is 17.5. The van der Waals surface area contributed by atoms with E-state index in [-0.39, 0.29) is 12.6 Å². The Kier molecular flexibility index (Phi) is 7.24. The fraction of sp³-hybridized carbons (Fsp3) is 0.524. The lowest BCUT2D eigenvalue weighted by Crippen LogP contribution is -2.52. The predicted molar refractivity (Wildman–Crippen MR) is 109 cm³/mol. The molecule has 1 aliphatic heterocycles. The number of methoxy groups -OCH3 is 2. The Morgan fingerprint density at radius 2 is 2.00 bits per heavy atom. The standard InChI is InChI=1S/C21H29ClN2O4/c1-15-4-5-19(28-15)14-24-8-7-23(13-18(24)6-9-25)12-16-10-17(22)11-20(26-2)21(16)27-3/h4-5,10-11,18,25H,6-9,12-14H2,1-3H3. The van der Waals surface area contributed by atoms with E-state index in [9.17, 15) is 5.11 Å². The summed E-state index contributed by atoms with van der Waals surface area (Å²) in [7, 11) is 3.26. The molecule has 6 nitrogen and oxygen atoms in total. The maximum atomic E-state index is 9.55. The Morgan fingerprint density at radius 1 is 1.18 bits per heavy atom. The normalized spacial score (nSPS) is 18.4. The minimum atomic E-state index is 0.167. The van der Waals surface area contributed by atoms with Crippen LogP contribution in [0.15, 0.2) is 28.7 Å². The number of aryl methyl sites for hydroxylation is 1. The molecule has 1 atom stereocenters. The van der Waals surface area contributed by atoms with Crippen LogP contribution in [-0.4, -0.2) is 61.4 Å². The molecule has 1 aliphatic rings. The van der Waals surface area contributed by atoms with Crippen LogP contribution in [0.2, 0.25) is 5.02 Å². The zero-order chi connectivity index (χ0) is 20.1. The molecule has 2 aromatic rings. The van der Waals surface area contributed by atoms with Gasteiger partial charge in [-0.25, -0.2) is 0 Å². The highest BCUT2D eigenvalue weighted by atomic mass is 35.5. The van der Waals surface area contributed by atoms with Crippen molar-refractivity contribution in [3.8, 4) is 11.5 Å². The molecule has 154 valence electrons. The predicted octanol–water partition coefficient (Wildman–Crippen LogP) is 3.33. The summed E-state index contributed by atoms with van der Waals surface area (Å²) in [5, 5.41) is 10.2. The lowest BCUT2D eigenvalue weighted by Gasteiger charge is -2.41. The van der Waals surface area contributed by atoms with Gasteiger partial charge in [0.1, 0.15) is 11.5 Å². The Balaban J connectivity index is 1.71. The van der Waals surface area contributed by atoms with Gasteiger partial charge in [-0.3, -0.25) is 9.80 Å². The molecule has 0 amide bonds. The third kappa shape index (κ3) is 5.00. The van der Waals surface area contributed by atoms with Crippen molar-refractivity contribution in [3.05, 3.63) is 46.4 Å². The summed E-state index contributed by atoms with van der Waals surface area (Å²) in [5.74, 6) is 3.26. The van der Waals surface area contributed by atoms with Crippen molar-refractivity contribution >= 4 is 11.6 Å². The average molecular weight is 409 g/mol. The molecule has 1 N–H and O–H groups in total. The number of hydrogen-bond acceptors (Lipinski definition) is 6. The molecule has 1 aromatic heterocycles. The van der Waals surface area contributed by atoms with Crippen LogP contribution in [0.4, 0.5) is 0 Å². The highest BCUT2D eigenvalue weighted by Crippen LogP contribution is 2.35. The molecule has 1 saturated heterocycles. The van der Waals surface area contributed by atoms with Crippen molar-refractivity contribution in [1.82, 2.24) is 9.80 Å². The van der Waals surface area contributed by atoms with E-state index in [1.54, 1.807) is 20.3 Å². The van der Waals surface area contributed by atoms with Crippen LogP contribution < -0.4 is 9.47 Å². The molecule has 7 heteroatoms. The monoisotopic (exact) mass is 408 g/mol. The highest BCUT2D eigenvalue weighted by Gasteiger charge is 2.28. The zero-order valence-electron chi connectivity index (χ0n) is 16.8. The van der Waals surface area contributed by atoms with Gasteiger partial charge in [-0.1, -0.05) is 11.6 Å². The summed E-state index contributed by atoms with van der Waals surface area (Å²) in [6.45, 7) is 6.29. The Labute approximate surface area is 171 Å². The Bertz CT molecular complexity index is 780. The topological polar surface area (TPSA) is 58.3 Å². The first-order chi connectivity index (χ1) is 13.5. The summed E-state index contributed by atoms with van der Waals surface area (Å²) in [6.07, 6.45) is 0.728. The quantitative estimate of drug-likeness (QED) is 0.723. The maximum Gasteiger partial charge on any atom is 0.165 e. The van der Waals surface area contributed by atoms with Crippen LogP contribution in [0.3, 0.4) is 0 Å². The molecule has 0 spiro atoms. The van der Waals surface area contributed by atoms with E-state index < -0.39 is 0 Å². The SMILES string of the molecule is COc1cc(Cl)cc(CN2CCN(Cc3ccc(C)o3)C(CCO)C2)c1OC. The van der Waals surface area contributed by atoms with Crippen LogP contribution in [0, 0.1) is 6.92 Å². The fourth-order valence-corrected chi connectivity index (χ4v) is 4.10. The number of piperazine rings is 1. The molecule has 28 heavy (non-hydrogen) atoms. The fourth-order valence-electron chi connectivity index (χ4n) is 3.87. The van der Waals surface area contributed by atoms with Crippen molar-refractivity contribution in [2.75, 3.05) is 40.5 Å². The number of nitrogens with zero attached hydrogens (tertiary/aromatic N) is 2. The molecule has 0 bridgehead atoms. The van der Waals surface area contributed by atoms with Crippen molar-refractivity contribution in [3.63, 3.8) is 0 Å². The number of ether oxygens (including phenoxy) is 2. The van der Waals surface area contributed by atoms with Gasteiger partial charge < -0.3 is 19.0 Å². The molecular formula is C21H29ClN2O4. The average Bonchev–Trinajstić information content (AvgIpc) is 3.08. The summed E-state index contributed by atoms with van der Waals surface area (Å²) in [6, 6.07) is 7.98. The smallest absolute Gasteiger partial charge is 0.165 e. The molecule has 0 saturated carbocycles. The van der Waals surface area contributed by atoms with E-state index in [0.29, 0.717) is 10.8 Å². The summed E-state index contributed by atoms with van der Waals surface area (Å²) >= 11 is 6.26. The second kappa shape index (κ2) is 9.65. The molecule has 0 radical (unpaired) electrons. The summed E-state index contributed by atoms with van der Waals surface area (Å²) in [5.41, 5.74) is 1.00. The van der Waals surface area contributed by atoms with E-state index in [4.69, 9.17) is 25.5 Å². The van der Waals surface area contributed by atoms with Gasteiger partial charge in [0.05, 0.1) is 20.8 Å². The largest absolute Gasteiger partial charge is 0.493 e. The minimum Gasteiger partial charge on any atom is -0.493 e. The number of furan rings is 1. The molecular weight excluding hydrogens is 380 g/mol. The van der Waals surface area contributed by atoms with Crippen LogP contribution in [0.25, 0.3) is 0 Å². The van der Waals surface area contributed by atoms with Gasteiger partial charge in [0, 0.05) is 55.5 Å². The summed E-state index contributed by atoms with van der Waals surface area (Å²) in [4.78, 5) is 4.76. The maximum absolute atomic E-state index is 9.55. The Hall–Kier alpha value is -1.73. The van der Waals surface area contributed by atoms with Gasteiger partial charge in [-0.2, -0.15) is 0 Å². The molecule has 1 unspecified atom stereocenters. The van der Waals surface area contributed by atoms with Gasteiger partial charge >= 0.3 is 0 Å². The van der Waals surface area contributed by atoms with Crippen molar-refractivity contribution in [2.24, 2.45) is 0 Å². The highest BCUT2D eigenvalue weighted by molar-refractivity contribution is 6.30.